The summed E-state index contributed by atoms with van der Waals surface area (Å²) < 4.78 is 49.9. The number of halogens is 4. The van der Waals surface area contributed by atoms with E-state index in [1.165, 1.54) is 6.07 Å². The molecule has 0 atom stereocenters. The molecule has 6 heteroatoms. The third-order valence-electron chi connectivity index (χ3n) is 2.42. The van der Waals surface area contributed by atoms with E-state index in [9.17, 15) is 17.3 Å². The van der Waals surface area contributed by atoms with Crippen LogP contribution in [0.25, 0.3) is 0 Å². The molecule has 0 unspecified atom stereocenters. The van der Waals surface area contributed by atoms with Crippen LogP contribution >= 0.6 is 0 Å². The second-order valence-corrected chi connectivity index (χ2v) is 3.63. The summed E-state index contributed by atoms with van der Waals surface area (Å²) in [6, 6.07) is 3.31. The number of hydrogen-bond donors (Lipinski definition) is 0. The Hall–Kier alpha value is 0.641. The molecule has 15 heavy (non-hydrogen) atoms. The van der Waals surface area contributed by atoms with Crippen molar-refractivity contribution in [2.45, 2.75) is 18.8 Å². The third-order valence-corrected chi connectivity index (χ3v) is 2.42. The predicted octanol–water partition coefficient (Wildman–Crippen LogP) is -0.239. The van der Waals surface area contributed by atoms with Gasteiger partial charge in [-0.05, 0) is 30.4 Å². The fourth-order valence-electron chi connectivity index (χ4n) is 1.48. The van der Waals surface area contributed by atoms with Gasteiger partial charge < -0.3 is 12.9 Å². The summed E-state index contributed by atoms with van der Waals surface area (Å²) >= 11 is 0. The van der Waals surface area contributed by atoms with Gasteiger partial charge in [-0.1, -0.05) is 17.6 Å². The van der Waals surface area contributed by atoms with Crippen molar-refractivity contribution in [3.05, 3.63) is 29.6 Å². The van der Waals surface area contributed by atoms with Crippen LogP contribution in [0, 0.1) is 5.82 Å². The van der Waals surface area contributed by atoms with E-state index in [1.807, 2.05) is 0 Å². The molecular formula is C9H8BF4K. The maximum absolute atomic E-state index is 12.8. The van der Waals surface area contributed by atoms with Crippen molar-refractivity contribution in [1.29, 1.82) is 0 Å². The summed E-state index contributed by atoms with van der Waals surface area (Å²) in [4.78, 5) is 0. The van der Waals surface area contributed by atoms with Gasteiger partial charge in [-0.15, -0.1) is 0 Å². The molecule has 0 aromatic heterocycles. The van der Waals surface area contributed by atoms with Crippen LogP contribution in [-0.2, 0) is 0 Å². The summed E-state index contributed by atoms with van der Waals surface area (Å²) in [7, 11) is 0. The zero-order chi connectivity index (χ0) is 10.3. The van der Waals surface area contributed by atoms with E-state index < -0.39 is 18.3 Å². The first-order chi connectivity index (χ1) is 6.48. The van der Waals surface area contributed by atoms with Crippen LogP contribution in [0.1, 0.15) is 24.3 Å². The standard InChI is InChI=1S/C9H8BF4.K/c11-9-4-3-7(6-1-2-6)5-8(9)10(12,13)14;/h3-6H,1-2H2;/q-1;+1. The second kappa shape index (κ2) is 4.87. The molecule has 0 aliphatic heterocycles. The fourth-order valence-corrected chi connectivity index (χ4v) is 1.48. The first-order valence-corrected chi connectivity index (χ1v) is 4.48. The van der Waals surface area contributed by atoms with E-state index in [0.29, 0.717) is 5.56 Å². The molecule has 0 saturated heterocycles. The van der Waals surface area contributed by atoms with Gasteiger partial charge in [-0.25, -0.2) is 4.39 Å². The molecule has 1 aromatic rings. The van der Waals surface area contributed by atoms with Gasteiger partial charge in [0, 0.05) is 0 Å². The van der Waals surface area contributed by atoms with Crippen molar-refractivity contribution in [3.8, 4) is 0 Å². The Labute approximate surface area is 128 Å². The van der Waals surface area contributed by atoms with Gasteiger partial charge in [0.15, 0.2) is 0 Å². The van der Waals surface area contributed by atoms with Gasteiger partial charge in [-0.3, -0.25) is 0 Å². The van der Waals surface area contributed by atoms with Crippen molar-refractivity contribution >= 4 is 12.4 Å². The first kappa shape index (κ1) is 13.7. The molecule has 0 N–H and O–H groups in total. The van der Waals surface area contributed by atoms with Crippen molar-refractivity contribution in [3.63, 3.8) is 0 Å². The normalized spacial score (nSPS) is 16.0. The molecule has 0 nitrogen and oxygen atoms in total. The zero-order valence-corrected chi connectivity index (χ0v) is 11.4. The summed E-state index contributed by atoms with van der Waals surface area (Å²) in [5.41, 5.74) is -0.477. The Morgan fingerprint density at radius 1 is 1.13 bits per heavy atom. The Kier molecular flexibility index (Phi) is 4.45. The summed E-state index contributed by atoms with van der Waals surface area (Å²) in [5.74, 6) is -0.950. The van der Waals surface area contributed by atoms with E-state index in [-0.39, 0.29) is 57.3 Å². The average Bonchev–Trinajstić information content (AvgIpc) is 2.85. The monoisotopic (exact) mass is 242 g/mol. The Balaban J connectivity index is 0.00000112. The van der Waals surface area contributed by atoms with Crippen LogP contribution < -0.4 is 56.8 Å². The summed E-state index contributed by atoms with van der Waals surface area (Å²) in [6.07, 6.45) is 1.83. The van der Waals surface area contributed by atoms with Crippen molar-refractivity contribution in [2.24, 2.45) is 0 Å². The Bertz CT molecular complexity index is 360. The number of rotatable bonds is 2. The maximum Gasteiger partial charge on any atom is 1.00 e. The van der Waals surface area contributed by atoms with Crippen LogP contribution in [0.5, 0.6) is 0 Å². The van der Waals surface area contributed by atoms with Crippen molar-refractivity contribution in [2.75, 3.05) is 0 Å². The van der Waals surface area contributed by atoms with Gasteiger partial charge in [0.05, 0.1) is 5.82 Å². The molecule has 0 radical (unpaired) electrons. The van der Waals surface area contributed by atoms with E-state index >= 15 is 0 Å². The van der Waals surface area contributed by atoms with Gasteiger partial charge in [0.1, 0.15) is 0 Å². The minimum absolute atomic E-state index is 0. The van der Waals surface area contributed by atoms with Crippen LogP contribution in [0.15, 0.2) is 18.2 Å². The molecule has 76 valence electrons. The molecule has 0 heterocycles. The number of hydrogen-bond acceptors (Lipinski definition) is 0. The van der Waals surface area contributed by atoms with E-state index in [2.05, 4.69) is 0 Å². The molecule has 0 amide bonds. The minimum atomic E-state index is -5.22. The Morgan fingerprint density at radius 2 is 1.73 bits per heavy atom. The maximum atomic E-state index is 12.8. The molecule has 0 bridgehead atoms. The molecule has 1 saturated carbocycles. The van der Waals surface area contributed by atoms with Gasteiger partial charge >= 0.3 is 58.4 Å². The topological polar surface area (TPSA) is 0 Å². The second-order valence-electron chi connectivity index (χ2n) is 3.63. The van der Waals surface area contributed by atoms with E-state index in [4.69, 9.17) is 0 Å². The third kappa shape index (κ3) is 3.30. The summed E-state index contributed by atoms with van der Waals surface area (Å²) in [6.45, 7) is -5.22. The molecule has 1 aliphatic carbocycles. The van der Waals surface area contributed by atoms with Gasteiger partial charge in [0.2, 0.25) is 0 Å². The molecule has 1 fully saturated rings. The number of benzene rings is 1. The van der Waals surface area contributed by atoms with Crippen LogP contribution in [0.2, 0.25) is 0 Å². The molecule has 1 aromatic carbocycles. The van der Waals surface area contributed by atoms with Gasteiger partial charge in [-0.2, -0.15) is 0 Å². The predicted molar refractivity (Wildman–Crippen MR) is 47.1 cm³/mol. The smallest absolute Gasteiger partial charge is 0.445 e. The Morgan fingerprint density at radius 3 is 2.20 bits per heavy atom. The fraction of sp³-hybridized carbons (Fsp3) is 0.333. The largest absolute Gasteiger partial charge is 1.00 e. The average molecular weight is 242 g/mol. The van der Waals surface area contributed by atoms with Crippen LogP contribution in [0.3, 0.4) is 0 Å². The zero-order valence-electron chi connectivity index (χ0n) is 8.31. The minimum Gasteiger partial charge on any atom is -0.445 e. The van der Waals surface area contributed by atoms with Crippen LogP contribution in [-0.4, -0.2) is 6.98 Å². The van der Waals surface area contributed by atoms with Crippen molar-refractivity contribution in [1.82, 2.24) is 0 Å². The van der Waals surface area contributed by atoms with E-state index in [1.54, 1.807) is 0 Å². The summed E-state index contributed by atoms with van der Waals surface area (Å²) in [5, 5.41) is 0. The molecule has 1 aliphatic rings. The molecule has 0 spiro atoms. The van der Waals surface area contributed by atoms with E-state index in [0.717, 1.165) is 25.0 Å². The van der Waals surface area contributed by atoms with Gasteiger partial charge in [0.25, 0.3) is 0 Å². The quantitative estimate of drug-likeness (QED) is 0.496. The molecule has 2 rings (SSSR count). The SMILES string of the molecule is Fc1ccc(C2CC2)cc1[B-](F)(F)F.[K+]. The van der Waals surface area contributed by atoms with Crippen LogP contribution in [0.4, 0.5) is 17.3 Å². The first-order valence-electron chi connectivity index (χ1n) is 4.48. The molecular weight excluding hydrogens is 234 g/mol. The van der Waals surface area contributed by atoms with Crippen molar-refractivity contribution < 1.29 is 68.7 Å².